The molecule has 0 aliphatic carbocycles. The molecule has 19 heavy (non-hydrogen) atoms. The molecule has 0 radical (unpaired) electrons. The Morgan fingerprint density at radius 3 is 2.95 bits per heavy atom. The van der Waals surface area contributed by atoms with Gasteiger partial charge in [0.25, 0.3) is 0 Å². The average Bonchev–Trinajstić information content (AvgIpc) is 2.95. The Hall–Kier alpha value is -1.17. The van der Waals surface area contributed by atoms with Crippen LogP contribution in [0.3, 0.4) is 0 Å². The Labute approximate surface area is 116 Å². The number of thiazole rings is 1. The van der Waals surface area contributed by atoms with E-state index in [1.807, 2.05) is 20.8 Å². The third kappa shape index (κ3) is 3.43. The molecule has 1 aliphatic rings. The Kier molecular flexibility index (Phi) is 4.08. The maximum Gasteiger partial charge on any atom is 0.410 e. The molecule has 2 heterocycles. The van der Waals surface area contributed by atoms with Crippen LogP contribution in [-0.2, 0) is 11.4 Å². The molecule has 6 heteroatoms. The van der Waals surface area contributed by atoms with Crippen LogP contribution in [0.2, 0.25) is 0 Å². The van der Waals surface area contributed by atoms with E-state index in [0.717, 1.165) is 17.8 Å². The van der Waals surface area contributed by atoms with Crippen LogP contribution >= 0.6 is 11.3 Å². The summed E-state index contributed by atoms with van der Waals surface area (Å²) in [5, 5.41) is 2.51. The van der Waals surface area contributed by atoms with Gasteiger partial charge in [-0.15, -0.1) is 11.3 Å². The van der Waals surface area contributed by atoms with E-state index in [2.05, 4.69) is 4.98 Å². The zero-order valence-electron chi connectivity index (χ0n) is 11.5. The largest absolute Gasteiger partial charge is 0.444 e. The van der Waals surface area contributed by atoms with E-state index in [9.17, 15) is 9.18 Å². The molecule has 0 aromatic carbocycles. The molecule has 106 valence electrons. The molecule has 1 amide bonds. The van der Waals surface area contributed by atoms with Gasteiger partial charge in [-0.3, -0.25) is 4.90 Å². The first-order valence-electron chi connectivity index (χ1n) is 6.40. The van der Waals surface area contributed by atoms with Crippen molar-refractivity contribution in [2.75, 3.05) is 6.54 Å². The number of aromatic nitrogens is 1. The van der Waals surface area contributed by atoms with Crippen LogP contribution < -0.4 is 0 Å². The molecule has 4 nitrogen and oxygen atoms in total. The maximum absolute atomic E-state index is 12.5. The summed E-state index contributed by atoms with van der Waals surface area (Å²) in [5.41, 5.74) is -0.0620. The highest BCUT2D eigenvalue weighted by Gasteiger charge is 2.34. The fraction of sp³-hybridized carbons (Fsp3) is 0.692. The molecule has 0 spiro atoms. The molecule has 1 atom stereocenters. The molecule has 0 bridgehead atoms. The van der Waals surface area contributed by atoms with Crippen LogP contribution in [0, 0.1) is 0 Å². The van der Waals surface area contributed by atoms with E-state index in [-0.39, 0.29) is 12.1 Å². The Morgan fingerprint density at radius 1 is 1.63 bits per heavy atom. The second-order valence-electron chi connectivity index (χ2n) is 5.64. The number of rotatable bonds is 2. The van der Waals surface area contributed by atoms with Gasteiger partial charge in [-0.25, -0.2) is 14.2 Å². The minimum Gasteiger partial charge on any atom is -0.444 e. The van der Waals surface area contributed by atoms with Gasteiger partial charge in [0.2, 0.25) is 0 Å². The van der Waals surface area contributed by atoms with Crippen molar-refractivity contribution in [2.24, 2.45) is 0 Å². The molecular formula is C13H19FN2O2S. The van der Waals surface area contributed by atoms with Gasteiger partial charge >= 0.3 is 6.09 Å². The Morgan fingerprint density at radius 2 is 2.37 bits per heavy atom. The highest BCUT2D eigenvalue weighted by atomic mass is 32.1. The van der Waals surface area contributed by atoms with Crippen LogP contribution in [0.5, 0.6) is 0 Å². The summed E-state index contributed by atoms with van der Waals surface area (Å²) in [6.45, 7) is 5.65. The first-order valence-corrected chi connectivity index (χ1v) is 7.28. The Bertz CT molecular complexity index is 456. The standard InChI is InChI=1S/C13H19FN2O2S/c1-13(2,3)18-12(17)16-6-4-5-10(16)11-15-9(7-14)8-19-11/h8,10H,4-7H2,1-3H3. The molecule has 1 saturated heterocycles. The number of halogens is 1. The van der Waals surface area contributed by atoms with Crippen LogP contribution in [0.1, 0.15) is 50.4 Å². The number of hydrogen-bond donors (Lipinski definition) is 0. The summed E-state index contributed by atoms with van der Waals surface area (Å²) < 4.78 is 17.9. The van der Waals surface area contributed by atoms with Crippen molar-refractivity contribution in [3.63, 3.8) is 0 Å². The molecule has 2 rings (SSSR count). The number of likely N-dealkylation sites (tertiary alicyclic amines) is 1. The SMILES string of the molecule is CC(C)(C)OC(=O)N1CCCC1c1nc(CF)cs1. The molecule has 1 aromatic rings. The lowest BCUT2D eigenvalue weighted by Crippen LogP contribution is -2.36. The lowest BCUT2D eigenvalue weighted by atomic mass is 10.2. The van der Waals surface area contributed by atoms with E-state index >= 15 is 0 Å². The van der Waals surface area contributed by atoms with Crippen molar-refractivity contribution >= 4 is 17.4 Å². The van der Waals surface area contributed by atoms with Gasteiger partial charge in [0.1, 0.15) is 17.3 Å². The predicted octanol–water partition coefficient (Wildman–Crippen LogP) is 3.68. The first kappa shape index (κ1) is 14.2. The van der Waals surface area contributed by atoms with Crippen LogP contribution in [0.4, 0.5) is 9.18 Å². The minimum absolute atomic E-state index is 0.0693. The van der Waals surface area contributed by atoms with Crippen LogP contribution in [0.15, 0.2) is 5.38 Å². The van der Waals surface area contributed by atoms with Crippen molar-refractivity contribution in [3.8, 4) is 0 Å². The van der Waals surface area contributed by atoms with Gasteiger partial charge in [0.05, 0.1) is 11.7 Å². The molecule has 1 aliphatic heterocycles. The normalized spacial score (nSPS) is 19.8. The van der Waals surface area contributed by atoms with Crippen molar-refractivity contribution in [1.29, 1.82) is 0 Å². The molecule has 0 saturated carbocycles. The number of alkyl halides is 1. The van der Waals surface area contributed by atoms with Crippen molar-refractivity contribution in [1.82, 2.24) is 9.88 Å². The summed E-state index contributed by atoms with van der Waals surface area (Å²) in [6, 6.07) is -0.0693. The summed E-state index contributed by atoms with van der Waals surface area (Å²) in [5.74, 6) is 0. The zero-order valence-corrected chi connectivity index (χ0v) is 12.3. The summed E-state index contributed by atoms with van der Waals surface area (Å²) in [4.78, 5) is 18.1. The summed E-state index contributed by atoms with van der Waals surface area (Å²) in [6.07, 6.45) is 1.47. The van der Waals surface area contributed by atoms with E-state index < -0.39 is 12.3 Å². The second-order valence-corrected chi connectivity index (χ2v) is 6.53. The van der Waals surface area contributed by atoms with Gasteiger partial charge in [0.15, 0.2) is 0 Å². The number of nitrogens with zero attached hydrogens (tertiary/aromatic N) is 2. The monoisotopic (exact) mass is 286 g/mol. The molecule has 1 aromatic heterocycles. The van der Waals surface area contributed by atoms with Crippen LogP contribution in [0.25, 0.3) is 0 Å². The zero-order chi connectivity index (χ0) is 14.0. The third-order valence-electron chi connectivity index (χ3n) is 2.87. The van der Waals surface area contributed by atoms with Gasteiger partial charge < -0.3 is 4.74 Å². The smallest absolute Gasteiger partial charge is 0.410 e. The van der Waals surface area contributed by atoms with Gasteiger partial charge in [0, 0.05) is 11.9 Å². The molecular weight excluding hydrogens is 267 g/mol. The number of carbonyl (C=O) groups excluding carboxylic acids is 1. The topological polar surface area (TPSA) is 42.4 Å². The van der Waals surface area contributed by atoms with E-state index in [4.69, 9.17) is 4.74 Å². The number of hydrogen-bond acceptors (Lipinski definition) is 4. The fourth-order valence-corrected chi connectivity index (χ4v) is 3.04. The lowest BCUT2D eigenvalue weighted by Gasteiger charge is -2.27. The van der Waals surface area contributed by atoms with Gasteiger partial charge in [-0.05, 0) is 33.6 Å². The number of ether oxygens (including phenoxy) is 1. The van der Waals surface area contributed by atoms with E-state index in [1.54, 1.807) is 10.3 Å². The third-order valence-corrected chi connectivity index (χ3v) is 3.87. The molecule has 1 fully saturated rings. The molecule has 0 N–H and O–H groups in total. The number of amides is 1. The highest BCUT2D eigenvalue weighted by molar-refractivity contribution is 7.09. The summed E-state index contributed by atoms with van der Waals surface area (Å²) >= 11 is 1.41. The Balaban J connectivity index is 2.10. The van der Waals surface area contributed by atoms with E-state index in [1.165, 1.54) is 11.3 Å². The summed E-state index contributed by atoms with van der Waals surface area (Å²) in [7, 11) is 0. The van der Waals surface area contributed by atoms with Crippen molar-refractivity contribution < 1.29 is 13.9 Å². The van der Waals surface area contributed by atoms with Crippen molar-refractivity contribution in [3.05, 3.63) is 16.1 Å². The van der Waals surface area contributed by atoms with Crippen LogP contribution in [-0.4, -0.2) is 28.1 Å². The predicted molar refractivity (Wildman–Crippen MR) is 71.8 cm³/mol. The average molecular weight is 286 g/mol. The first-order chi connectivity index (χ1) is 8.90. The fourth-order valence-electron chi connectivity index (χ4n) is 2.10. The van der Waals surface area contributed by atoms with Crippen molar-refractivity contribution in [2.45, 2.75) is 51.9 Å². The maximum atomic E-state index is 12.5. The van der Waals surface area contributed by atoms with Gasteiger partial charge in [-0.2, -0.15) is 0 Å². The van der Waals surface area contributed by atoms with Gasteiger partial charge in [-0.1, -0.05) is 0 Å². The quantitative estimate of drug-likeness (QED) is 0.832. The van der Waals surface area contributed by atoms with E-state index in [0.29, 0.717) is 12.2 Å². The highest BCUT2D eigenvalue weighted by Crippen LogP contribution is 2.34. The minimum atomic E-state index is -0.560. The number of carbonyl (C=O) groups is 1. The molecule has 1 unspecified atom stereocenters. The second kappa shape index (κ2) is 5.45. The lowest BCUT2D eigenvalue weighted by molar-refractivity contribution is 0.0224.